The summed E-state index contributed by atoms with van der Waals surface area (Å²) in [5, 5.41) is 4.09. The second kappa shape index (κ2) is 7.00. The molecule has 1 aromatic carbocycles. The van der Waals surface area contributed by atoms with Crippen LogP contribution in [-0.2, 0) is 11.4 Å². The van der Waals surface area contributed by atoms with E-state index >= 15 is 0 Å². The zero-order valence-corrected chi connectivity index (χ0v) is 10.8. The molecule has 96 valence electrons. The first kappa shape index (κ1) is 12.9. The molecule has 2 rings (SSSR count). The number of hydrogen-bond donors (Lipinski definition) is 0. The first-order valence-corrected chi connectivity index (χ1v) is 6.75. The molecular formula is C16H21NO. The lowest BCUT2D eigenvalue weighted by molar-refractivity contribution is 0.130. The van der Waals surface area contributed by atoms with Gasteiger partial charge in [-0.25, -0.2) is 0 Å². The minimum atomic E-state index is 0.533. The summed E-state index contributed by atoms with van der Waals surface area (Å²) in [5.41, 5.74) is 2.25. The van der Waals surface area contributed by atoms with Crippen molar-refractivity contribution in [2.75, 3.05) is 0 Å². The number of benzene rings is 1. The van der Waals surface area contributed by atoms with Gasteiger partial charge in [0.25, 0.3) is 0 Å². The van der Waals surface area contributed by atoms with E-state index in [9.17, 15) is 0 Å². The third-order valence-corrected chi connectivity index (χ3v) is 3.41. The molecule has 2 heteroatoms. The molecule has 18 heavy (non-hydrogen) atoms. The van der Waals surface area contributed by atoms with E-state index < -0.39 is 0 Å². The van der Waals surface area contributed by atoms with Crippen LogP contribution in [0.1, 0.15) is 43.2 Å². The average molecular weight is 243 g/mol. The molecule has 0 radical (unpaired) electrons. The van der Waals surface area contributed by atoms with Gasteiger partial charge in [-0.1, -0.05) is 55.3 Å². The van der Waals surface area contributed by atoms with E-state index in [4.69, 9.17) is 4.84 Å². The van der Waals surface area contributed by atoms with Gasteiger partial charge in [-0.05, 0) is 36.0 Å². The van der Waals surface area contributed by atoms with Gasteiger partial charge in [-0.2, -0.15) is 0 Å². The van der Waals surface area contributed by atoms with E-state index in [1.165, 1.54) is 32.1 Å². The molecule has 2 nitrogen and oxygen atoms in total. The molecule has 0 atom stereocenters. The minimum Gasteiger partial charge on any atom is -0.391 e. The highest BCUT2D eigenvalue weighted by Gasteiger charge is 2.10. The standard InChI is InChI=1S/C16H21NO/c1-2-14-9-6-10-16(11-14)13-18-17-12-15-7-4-3-5-8-15/h2,6,9-12,15H,1,3-5,7-8,13H2. The van der Waals surface area contributed by atoms with Crippen LogP contribution in [-0.4, -0.2) is 6.21 Å². The topological polar surface area (TPSA) is 21.6 Å². The van der Waals surface area contributed by atoms with Crippen LogP contribution in [0.25, 0.3) is 6.08 Å². The van der Waals surface area contributed by atoms with Gasteiger partial charge in [0.05, 0.1) is 0 Å². The van der Waals surface area contributed by atoms with Crippen molar-refractivity contribution in [1.82, 2.24) is 0 Å². The van der Waals surface area contributed by atoms with E-state index in [0.717, 1.165) is 11.1 Å². The van der Waals surface area contributed by atoms with E-state index in [1.54, 1.807) is 0 Å². The average Bonchev–Trinajstić information content (AvgIpc) is 2.45. The van der Waals surface area contributed by atoms with Crippen LogP contribution in [0.3, 0.4) is 0 Å². The lowest BCUT2D eigenvalue weighted by Gasteiger charge is -2.16. The van der Waals surface area contributed by atoms with Crippen molar-refractivity contribution >= 4 is 12.3 Å². The first-order chi connectivity index (χ1) is 8.88. The second-order valence-electron chi connectivity index (χ2n) is 4.88. The lowest BCUT2D eigenvalue weighted by atomic mass is 9.90. The Labute approximate surface area is 109 Å². The van der Waals surface area contributed by atoms with Gasteiger partial charge in [-0.15, -0.1) is 0 Å². The van der Waals surface area contributed by atoms with Gasteiger partial charge < -0.3 is 4.84 Å². The zero-order valence-electron chi connectivity index (χ0n) is 10.8. The molecule has 0 N–H and O–H groups in total. The van der Waals surface area contributed by atoms with Crippen molar-refractivity contribution in [3.8, 4) is 0 Å². The van der Waals surface area contributed by atoms with Crippen LogP contribution in [0.2, 0.25) is 0 Å². The van der Waals surface area contributed by atoms with Gasteiger partial charge >= 0.3 is 0 Å². The van der Waals surface area contributed by atoms with Crippen molar-refractivity contribution in [2.24, 2.45) is 11.1 Å². The smallest absolute Gasteiger partial charge is 0.142 e. The Morgan fingerprint density at radius 1 is 1.28 bits per heavy atom. The lowest BCUT2D eigenvalue weighted by Crippen LogP contribution is -2.07. The summed E-state index contributed by atoms with van der Waals surface area (Å²) in [6.07, 6.45) is 10.4. The fourth-order valence-electron chi connectivity index (χ4n) is 2.33. The van der Waals surface area contributed by atoms with Gasteiger partial charge in [-0.3, -0.25) is 0 Å². The highest BCUT2D eigenvalue weighted by Crippen LogP contribution is 2.21. The fourth-order valence-corrected chi connectivity index (χ4v) is 2.33. The van der Waals surface area contributed by atoms with Crippen LogP contribution in [0, 0.1) is 5.92 Å². The SMILES string of the molecule is C=Cc1cccc(CON=CC2CCCCC2)c1. The van der Waals surface area contributed by atoms with Crippen LogP contribution in [0.4, 0.5) is 0 Å². The van der Waals surface area contributed by atoms with E-state index in [0.29, 0.717) is 12.5 Å². The number of nitrogens with zero attached hydrogens (tertiary/aromatic N) is 1. The summed E-state index contributed by atoms with van der Waals surface area (Å²) >= 11 is 0. The fraction of sp³-hybridized carbons (Fsp3) is 0.438. The molecule has 1 aliphatic carbocycles. The van der Waals surface area contributed by atoms with Gasteiger partial charge in [0, 0.05) is 6.21 Å². The summed E-state index contributed by atoms with van der Waals surface area (Å²) in [4.78, 5) is 5.36. The molecule has 0 aromatic heterocycles. The Kier molecular flexibility index (Phi) is 5.00. The van der Waals surface area contributed by atoms with Crippen molar-refractivity contribution in [3.05, 3.63) is 42.0 Å². The Hall–Kier alpha value is -1.57. The Morgan fingerprint density at radius 3 is 2.89 bits per heavy atom. The van der Waals surface area contributed by atoms with Crippen molar-refractivity contribution in [1.29, 1.82) is 0 Å². The van der Waals surface area contributed by atoms with E-state index in [-0.39, 0.29) is 0 Å². The maximum atomic E-state index is 5.36. The molecule has 0 saturated heterocycles. The Bertz CT molecular complexity index is 405. The number of hydrogen-bond acceptors (Lipinski definition) is 2. The molecule has 0 heterocycles. The third kappa shape index (κ3) is 4.02. The highest BCUT2D eigenvalue weighted by molar-refractivity contribution is 5.59. The maximum absolute atomic E-state index is 5.36. The monoisotopic (exact) mass is 243 g/mol. The van der Waals surface area contributed by atoms with Crippen LogP contribution >= 0.6 is 0 Å². The zero-order chi connectivity index (χ0) is 12.6. The summed E-state index contributed by atoms with van der Waals surface area (Å²) in [7, 11) is 0. The molecule has 1 saturated carbocycles. The van der Waals surface area contributed by atoms with Crippen molar-refractivity contribution in [2.45, 2.75) is 38.7 Å². The Balaban J connectivity index is 1.76. The molecule has 0 amide bonds. The van der Waals surface area contributed by atoms with Crippen LogP contribution in [0.5, 0.6) is 0 Å². The number of oxime groups is 1. The quantitative estimate of drug-likeness (QED) is 0.554. The summed E-state index contributed by atoms with van der Waals surface area (Å²) in [6.45, 7) is 4.29. The molecule has 1 fully saturated rings. The first-order valence-electron chi connectivity index (χ1n) is 6.75. The van der Waals surface area contributed by atoms with E-state index in [1.807, 2.05) is 30.5 Å². The van der Waals surface area contributed by atoms with Gasteiger partial charge in [0.2, 0.25) is 0 Å². The molecule has 0 aliphatic heterocycles. The third-order valence-electron chi connectivity index (χ3n) is 3.41. The summed E-state index contributed by atoms with van der Waals surface area (Å²) in [5.74, 6) is 0.623. The Morgan fingerprint density at radius 2 is 2.11 bits per heavy atom. The van der Waals surface area contributed by atoms with Crippen LogP contribution < -0.4 is 0 Å². The molecule has 1 aliphatic rings. The summed E-state index contributed by atoms with van der Waals surface area (Å²) in [6, 6.07) is 8.16. The molecule has 0 bridgehead atoms. The molecular weight excluding hydrogens is 222 g/mol. The predicted octanol–water partition coefficient (Wildman–Crippen LogP) is 4.41. The second-order valence-corrected chi connectivity index (χ2v) is 4.88. The minimum absolute atomic E-state index is 0.533. The predicted molar refractivity (Wildman–Crippen MR) is 76.4 cm³/mol. The largest absolute Gasteiger partial charge is 0.391 e. The van der Waals surface area contributed by atoms with Crippen molar-refractivity contribution in [3.63, 3.8) is 0 Å². The number of rotatable bonds is 5. The van der Waals surface area contributed by atoms with Crippen LogP contribution in [0.15, 0.2) is 36.0 Å². The normalized spacial score (nSPS) is 16.9. The van der Waals surface area contributed by atoms with Crippen molar-refractivity contribution < 1.29 is 4.84 Å². The summed E-state index contributed by atoms with van der Waals surface area (Å²) < 4.78 is 0. The maximum Gasteiger partial charge on any atom is 0.142 e. The molecule has 1 aromatic rings. The van der Waals surface area contributed by atoms with Gasteiger partial charge in [0.15, 0.2) is 0 Å². The highest BCUT2D eigenvalue weighted by atomic mass is 16.6. The van der Waals surface area contributed by atoms with Gasteiger partial charge in [0.1, 0.15) is 6.61 Å². The van der Waals surface area contributed by atoms with E-state index in [2.05, 4.69) is 17.8 Å². The molecule has 0 unspecified atom stereocenters. The molecule has 0 spiro atoms.